The molecular formula is C25H29NO4. The molecule has 0 unspecified atom stereocenters. The zero-order chi connectivity index (χ0) is 21.3. The van der Waals surface area contributed by atoms with Gasteiger partial charge in [0.25, 0.3) is 0 Å². The molecule has 1 saturated heterocycles. The van der Waals surface area contributed by atoms with Crippen LogP contribution >= 0.6 is 0 Å². The Kier molecular flexibility index (Phi) is 7.80. The summed E-state index contributed by atoms with van der Waals surface area (Å²) in [6.45, 7) is 6.11. The molecule has 3 rings (SSSR count). The molecular weight excluding hydrogens is 378 g/mol. The lowest BCUT2D eigenvalue weighted by Gasteiger charge is -2.28. The average molecular weight is 408 g/mol. The van der Waals surface area contributed by atoms with Crippen LogP contribution in [0.2, 0.25) is 0 Å². The van der Waals surface area contributed by atoms with Crippen LogP contribution in [0.1, 0.15) is 24.5 Å². The van der Waals surface area contributed by atoms with Gasteiger partial charge in [-0.05, 0) is 30.4 Å². The van der Waals surface area contributed by atoms with Gasteiger partial charge in [-0.15, -0.1) is 6.58 Å². The molecule has 2 aromatic carbocycles. The van der Waals surface area contributed by atoms with Gasteiger partial charge >= 0.3 is 6.09 Å². The van der Waals surface area contributed by atoms with Crippen LogP contribution < -0.4 is 0 Å². The average Bonchev–Trinajstić information content (AvgIpc) is 3.14. The number of carbonyl (C=O) groups excluding carboxylic acids is 2. The molecule has 2 amide bonds. The molecule has 0 spiro atoms. The standard InChI is InChI=1S/C25H29NO4/c1-3-16-29-23(15-14-20-10-6-4-7-11-20)19(2)24(27)26-22(18-30-25(26)28)17-21-12-8-5-9-13-21/h3-13,19,22-23H,1,14-18H2,2H3/t19-,22-,23+/m0/s1. The minimum Gasteiger partial charge on any atom is -0.447 e. The van der Waals surface area contributed by atoms with Crippen LogP contribution in [0.3, 0.4) is 0 Å². The van der Waals surface area contributed by atoms with Crippen LogP contribution in [0, 0.1) is 5.92 Å². The third-order valence-electron chi connectivity index (χ3n) is 5.45. The Morgan fingerprint density at radius 3 is 2.43 bits per heavy atom. The summed E-state index contributed by atoms with van der Waals surface area (Å²) in [5.74, 6) is -0.724. The highest BCUT2D eigenvalue weighted by Crippen LogP contribution is 2.24. The lowest BCUT2D eigenvalue weighted by Crippen LogP contribution is -2.46. The Balaban J connectivity index is 1.69. The van der Waals surface area contributed by atoms with Crippen molar-refractivity contribution in [2.24, 2.45) is 5.92 Å². The van der Waals surface area contributed by atoms with Gasteiger partial charge in [0.05, 0.1) is 24.7 Å². The number of benzene rings is 2. The highest BCUT2D eigenvalue weighted by atomic mass is 16.6. The molecule has 1 aliphatic heterocycles. The topological polar surface area (TPSA) is 55.8 Å². The number of amides is 2. The summed E-state index contributed by atoms with van der Waals surface area (Å²) in [6, 6.07) is 19.6. The van der Waals surface area contributed by atoms with Gasteiger partial charge in [0.15, 0.2) is 0 Å². The molecule has 158 valence electrons. The maximum atomic E-state index is 13.3. The second-order valence-corrected chi connectivity index (χ2v) is 7.60. The van der Waals surface area contributed by atoms with Gasteiger partial charge in [-0.25, -0.2) is 9.69 Å². The first-order chi connectivity index (χ1) is 14.6. The molecule has 3 atom stereocenters. The zero-order valence-corrected chi connectivity index (χ0v) is 17.4. The van der Waals surface area contributed by atoms with Crippen LogP contribution in [0.4, 0.5) is 4.79 Å². The molecule has 0 aromatic heterocycles. The van der Waals surface area contributed by atoms with E-state index < -0.39 is 12.0 Å². The summed E-state index contributed by atoms with van der Waals surface area (Å²) in [5.41, 5.74) is 2.25. The van der Waals surface area contributed by atoms with E-state index in [2.05, 4.69) is 18.7 Å². The Morgan fingerprint density at radius 1 is 1.17 bits per heavy atom. The number of rotatable bonds is 10. The van der Waals surface area contributed by atoms with Crippen molar-refractivity contribution in [2.75, 3.05) is 13.2 Å². The van der Waals surface area contributed by atoms with E-state index in [9.17, 15) is 9.59 Å². The molecule has 1 heterocycles. The van der Waals surface area contributed by atoms with E-state index in [0.717, 1.165) is 12.0 Å². The predicted molar refractivity (Wildman–Crippen MR) is 116 cm³/mol. The number of carbonyl (C=O) groups is 2. The Bertz CT molecular complexity index is 837. The first-order valence-corrected chi connectivity index (χ1v) is 10.4. The van der Waals surface area contributed by atoms with E-state index in [-0.39, 0.29) is 24.7 Å². The fraction of sp³-hybridized carbons (Fsp3) is 0.360. The first kappa shape index (κ1) is 21.8. The molecule has 0 aliphatic carbocycles. The van der Waals surface area contributed by atoms with Crippen LogP contribution in [0.5, 0.6) is 0 Å². The maximum Gasteiger partial charge on any atom is 0.416 e. The number of ether oxygens (including phenoxy) is 2. The quantitative estimate of drug-likeness (QED) is 0.547. The van der Waals surface area contributed by atoms with E-state index in [1.165, 1.54) is 10.5 Å². The van der Waals surface area contributed by atoms with Crippen molar-refractivity contribution in [3.8, 4) is 0 Å². The number of imide groups is 1. The van der Waals surface area contributed by atoms with E-state index in [1.807, 2.05) is 55.5 Å². The van der Waals surface area contributed by atoms with E-state index in [4.69, 9.17) is 9.47 Å². The van der Waals surface area contributed by atoms with Gasteiger partial charge in [0.1, 0.15) is 6.61 Å². The van der Waals surface area contributed by atoms with E-state index in [1.54, 1.807) is 6.08 Å². The number of aryl methyl sites for hydroxylation is 1. The molecule has 5 nitrogen and oxygen atoms in total. The Labute approximate surface area is 178 Å². The largest absolute Gasteiger partial charge is 0.447 e. The van der Waals surface area contributed by atoms with Gasteiger partial charge in [-0.1, -0.05) is 73.7 Å². The third kappa shape index (κ3) is 5.57. The van der Waals surface area contributed by atoms with Crippen molar-refractivity contribution in [1.29, 1.82) is 0 Å². The van der Waals surface area contributed by atoms with Crippen molar-refractivity contribution in [1.82, 2.24) is 4.90 Å². The number of nitrogens with zero attached hydrogens (tertiary/aromatic N) is 1. The normalized spacial score (nSPS) is 18.0. The van der Waals surface area contributed by atoms with Crippen molar-refractivity contribution in [3.05, 3.63) is 84.4 Å². The van der Waals surface area contributed by atoms with Gasteiger partial charge in [0, 0.05) is 0 Å². The number of cyclic esters (lactones) is 1. The first-order valence-electron chi connectivity index (χ1n) is 10.4. The van der Waals surface area contributed by atoms with Gasteiger partial charge < -0.3 is 9.47 Å². The monoisotopic (exact) mass is 407 g/mol. The van der Waals surface area contributed by atoms with Crippen LogP contribution in [0.25, 0.3) is 0 Å². The lowest BCUT2D eigenvalue weighted by atomic mass is 9.95. The predicted octanol–water partition coefficient (Wildman–Crippen LogP) is 4.42. The van der Waals surface area contributed by atoms with Crippen molar-refractivity contribution < 1.29 is 19.1 Å². The molecule has 0 saturated carbocycles. The van der Waals surface area contributed by atoms with Gasteiger partial charge in [-0.3, -0.25) is 4.79 Å². The highest BCUT2D eigenvalue weighted by molar-refractivity contribution is 5.95. The molecule has 0 N–H and O–H groups in total. The Morgan fingerprint density at radius 2 is 1.80 bits per heavy atom. The summed E-state index contributed by atoms with van der Waals surface area (Å²) in [5, 5.41) is 0. The smallest absolute Gasteiger partial charge is 0.416 e. The third-order valence-corrected chi connectivity index (χ3v) is 5.45. The second kappa shape index (κ2) is 10.7. The van der Waals surface area contributed by atoms with E-state index >= 15 is 0 Å². The minimum absolute atomic E-state index is 0.217. The zero-order valence-electron chi connectivity index (χ0n) is 17.4. The van der Waals surface area contributed by atoms with Crippen LogP contribution in [-0.2, 0) is 27.1 Å². The summed E-state index contributed by atoms with van der Waals surface area (Å²) in [4.78, 5) is 26.9. The van der Waals surface area contributed by atoms with E-state index in [0.29, 0.717) is 19.4 Å². The van der Waals surface area contributed by atoms with Crippen molar-refractivity contribution >= 4 is 12.0 Å². The molecule has 2 aromatic rings. The maximum absolute atomic E-state index is 13.3. The van der Waals surface area contributed by atoms with Gasteiger partial charge in [-0.2, -0.15) is 0 Å². The molecule has 1 fully saturated rings. The van der Waals surface area contributed by atoms with Crippen molar-refractivity contribution in [3.63, 3.8) is 0 Å². The molecule has 30 heavy (non-hydrogen) atoms. The second-order valence-electron chi connectivity index (χ2n) is 7.60. The van der Waals surface area contributed by atoms with Crippen molar-refractivity contribution in [2.45, 2.75) is 38.3 Å². The minimum atomic E-state index is -0.571. The summed E-state index contributed by atoms with van der Waals surface area (Å²) < 4.78 is 11.1. The molecule has 5 heteroatoms. The summed E-state index contributed by atoms with van der Waals surface area (Å²) in [6.07, 6.45) is 2.83. The highest BCUT2D eigenvalue weighted by Gasteiger charge is 2.41. The number of hydrogen-bond acceptors (Lipinski definition) is 4. The molecule has 0 radical (unpaired) electrons. The van der Waals surface area contributed by atoms with Gasteiger partial charge in [0.2, 0.25) is 5.91 Å². The van der Waals surface area contributed by atoms with Crippen LogP contribution in [0.15, 0.2) is 73.3 Å². The van der Waals surface area contributed by atoms with Crippen LogP contribution in [-0.4, -0.2) is 42.3 Å². The number of hydrogen-bond donors (Lipinski definition) is 0. The molecule has 1 aliphatic rings. The lowest BCUT2D eigenvalue weighted by molar-refractivity contribution is -0.138. The molecule has 0 bridgehead atoms. The Hall–Kier alpha value is -2.92. The fourth-order valence-electron chi connectivity index (χ4n) is 3.77. The fourth-order valence-corrected chi connectivity index (χ4v) is 3.77. The summed E-state index contributed by atoms with van der Waals surface area (Å²) >= 11 is 0. The summed E-state index contributed by atoms with van der Waals surface area (Å²) in [7, 11) is 0. The SMILES string of the molecule is C=CCO[C@H](CCc1ccccc1)[C@H](C)C(=O)N1C(=O)OC[C@@H]1Cc1ccccc1.